The van der Waals surface area contributed by atoms with Gasteiger partial charge in [-0.3, -0.25) is 9.78 Å². The minimum Gasteiger partial charge on any atom is -0.344 e. The molecule has 1 aromatic carbocycles. The number of nitrogens with one attached hydrogen (secondary N) is 1. The van der Waals surface area contributed by atoms with Gasteiger partial charge >= 0.3 is 0 Å². The van der Waals surface area contributed by atoms with Crippen LogP contribution in [0, 0.1) is 5.92 Å². The second-order valence-corrected chi connectivity index (χ2v) is 6.26. The van der Waals surface area contributed by atoms with Gasteiger partial charge in [-0.1, -0.05) is 52.0 Å². The largest absolute Gasteiger partial charge is 0.344 e. The predicted molar refractivity (Wildman–Crippen MR) is 92.2 cm³/mol. The minimum atomic E-state index is -0.192. The van der Waals surface area contributed by atoms with Gasteiger partial charge in [0.25, 0.3) is 5.91 Å². The highest BCUT2D eigenvalue weighted by molar-refractivity contribution is 5.92. The van der Waals surface area contributed by atoms with Crippen molar-refractivity contribution in [3.63, 3.8) is 0 Å². The van der Waals surface area contributed by atoms with Crippen LogP contribution in [0.5, 0.6) is 0 Å². The number of carbonyl (C=O) groups is 1. The van der Waals surface area contributed by atoms with Gasteiger partial charge in [0.05, 0.1) is 12.2 Å². The molecule has 0 aliphatic heterocycles. The van der Waals surface area contributed by atoms with E-state index in [-0.39, 0.29) is 17.9 Å². The van der Waals surface area contributed by atoms with E-state index >= 15 is 0 Å². The Morgan fingerprint density at radius 1 is 1.09 bits per heavy atom. The number of aromatic nitrogens is 2. The zero-order chi connectivity index (χ0) is 16.8. The van der Waals surface area contributed by atoms with E-state index in [0.29, 0.717) is 11.6 Å². The smallest absolute Gasteiger partial charge is 0.271 e. The van der Waals surface area contributed by atoms with Crippen molar-refractivity contribution in [2.24, 2.45) is 5.92 Å². The molecule has 2 aromatic rings. The highest BCUT2D eigenvalue weighted by atomic mass is 16.1. The summed E-state index contributed by atoms with van der Waals surface area (Å²) < 4.78 is 0. The Morgan fingerprint density at radius 3 is 2.26 bits per heavy atom. The maximum atomic E-state index is 12.3. The van der Waals surface area contributed by atoms with Crippen LogP contribution < -0.4 is 5.32 Å². The van der Waals surface area contributed by atoms with Crippen LogP contribution in [-0.2, 0) is 0 Å². The number of amides is 1. The first kappa shape index (κ1) is 17.1. The molecular weight excluding hydrogens is 286 g/mol. The van der Waals surface area contributed by atoms with Gasteiger partial charge in [0.1, 0.15) is 5.69 Å². The molecule has 0 saturated carbocycles. The monoisotopic (exact) mass is 311 g/mol. The molecule has 4 nitrogen and oxygen atoms in total. The van der Waals surface area contributed by atoms with E-state index in [4.69, 9.17) is 0 Å². The number of rotatable bonds is 6. The number of nitrogens with zero attached hydrogens (tertiary/aromatic N) is 2. The molecule has 0 aliphatic rings. The molecule has 0 aliphatic carbocycles. The van der Waals surface area contributed by atoms with Gasteiger partial charge in [0.15, 0.2) is 0 Å². The molecule has 2 atom stereocenters. The van der Waals surface area contributed by atoms with Crippen molar-refractivity contribution in [1.29, 1.82) is 0 Å². The molecule has 23 heavy (non-hydrogen) atoms. The van der Waals surface area contributed by atoms with Gasteiger partial charge in [0, 0.05) is 12.4 Å². The number of carbonyl (C=O) groups excluding carboxylic acids is 1. The molecule has 1 amide bonds. The van der Waals surface area contributed by atoms with Crippen LogP contribution in [0.15, 0.2) is 42.9 Å². The van der Waals surface area contributed by atoms with Crippen molar-refractivity contribution in [3.8, 4) is 0 Å². The Bertz CT molecular complexity index is 623. The van der Waals surface area contributed by atoms with Crippen LogP contribution in [-0.4, -0.2) is 15.9 Å². The first-order valence-corrected chi connectivity index (χ1v) is 8.19. The molecule has 0 fully saturated rings. The topological polar surface area (TPSA) is 54.9 Å². The Balaban J connectivity index is 2.17. The van der Waals surface area contributed by atoms with Gasteiger partial charge in [-0.25, -0.2) is 4.98 Å². The molecule has 0 bridgehead atoms. The third-order valence-electron chi connectivity index (χ3n) is 4.23. The summed E-state index contributed by atoms with van der Waals surface area (Å²) in [4.78, 5) is 20.3. The van der Waals surface area contributed by atoms with E-state index in [1.807, 2.05) is 0 Å². The number of hydrogen-bond donors (Lipinski definition) is 1. The molecular formula is C19H25N3O. The van der Waals surface area contributed by atoms with Gasteiger partial charge < -0.3 is 5.32 Å². The fraction of sp³-hybridized carbons (Fsp3) is 0.421. The van der Waals surface area contributed by atoms with E-state index in [2.05, 4.69) is 67.2 Å². The molecule has 4 heteroatoms. The van der Waals surface area contributed by atoms with Crippen molar-refractivity contribution < 1.29 is 4.79 Å². The minimum absolute atomic E-state index is 0.0458. The summed E-state index contributed by atoms with van der Waals surface area (Å²) in [6.45, 7) is 8.62. The van der Waals surface area contributed by atoms with E-state index < -0.39 is 0 Å². The number of benzene rings is 1. The van der Waals surface area contributed by atoms with E-state index in [1.165, 1.54) is 18.0 Å². The molecule has 0 unspecified atom stereocenters. The van der Waals surface area contributed by atoms with Gasteiger partial charge in [-0.2, -0.15) is 0 Å². The van der Waals surface area contributed by atoms with Crippen molar-refractivity contribution >= 4 is 5.91 Å². The summed E-state index contributed by atoms with van der Waals surface area (Å²) in [6, 6.07) is 8.50. The normalized spacial score (nSPS) is 13.6. The second kappa shape index (κ2) is 7.86. The Morgan fingerprint density at radius 2 is 1.74 bits per heavy atom. The zero-order valence-electron chi connectivity index (χ0n) is 14.3. The van der Waals surface area contributed by atoms with E-state index in [0.717, 1.165) is 12.0 Å². The molecule has 0 radical (unpaired) electrons. The molecule has 1 heterocycles. The van der Waals surface area contributed by atoms with Crippen LogP contribution in [0.4, 0.5) is 0 Å². The highest BCUT2D eigenvalue weighted by Gasteiger charge is 2.20. The standard InChI is InChI=1S/C19H25N3O/c1-5-14(4)15-6-8-16(9-7-15)18(13(2)3)22-19(23)17-12-20-10-11-21-17/h6-14,18H,5H2,1-4H3,(H,22,23)/t14-,18+/m0/s1. The highest BCUT2D eigenvalue weighted by Crippen LogP contribution is 2.25. The summed E-state index contributed by atoms with van der Waals surface area (Å²) in [7, 11) is 0. The fourth-order valence-electron chi connectivity index (χ4n) is 2.53. The van der Waals surface area contributed by atoms with Crippen molar-refractivity contribution in [3.05, 3.63) is 59.7 Å². The molecule has 1 N–H and O–H groups in total. The average molecular weight is 311 g/mol. The summed E-state index contributed by atoms with van der Waals surface area (Å²) in [5, 5.41) is 3.07. The number of hydrogen-bond acceptors (Lipinski definition) is 3. The zero-order valence-corrected chi connectivity index (χ0v) is 14.3. The van der Waals surface area contributed by atoms with Crippen LogP contribution in [0.25, 0.3) is 0 Å². The quantitative estimate of drug-likeness (QED) is 0.873. The lowest BCUT2D eigenvalue weighted by atomic mass is 9.92. The van der Waals surface area contributed by atoms with Gasteiger partial charge in [-0.05, 0) is 29.4 Å². The summed E-state index contributed by atoms with van der Waals surface area (Å²) in [5.41, 5.74) is 2.79. The van der Waals surface area contributed by atoms with Crippen LogP contribution >= 0.6 is 0 Å². The van der Waals surface area contributed by atoms with E-state index in [9.17, 15) is 4.79 Å². The molecule has 0 spiro atoms. The molecule has 1 aromatic heterocycles. The molecule has 122 valence electrons. The molecule has 0 saturated heterocycles. The van der Waals surface area contributed by atoms with Crippen molar-refractivity contribution in [2.75, 3.05) is 0 Å². The van der Waals surface area contributed by atoms with Crippen molar-refractivity contribution in [1.82, 2.24) is 15.3 Å². The third kappa shape index (κ3) is 4.38. The summed E-state index contributed by atoms with van der Waals surface area (Å²) in [6.07, 6.45) is 5.69. The Kier molecular flexibility index (Phi) is 5.85. The van der Waals surface area contributed by atoms with Crippen LogP contribution in [0.2, 0.25) is 0 Å². The third-order valence-corrected chi connectivity index (χ3v) is 4.23. The lowest BCUT2D eigenvalue weighted by Gasteiger charge is -2.23. The predicted octanol–water partition coefficient (Wildman–Crippen LogP) is 4.12. The maximum absolute atomic E-state index is 12.3. The van der Waals surface area contributed by atoms with Crippen LogP contribution in [0.1, 0.15) is 67.7 Å². The summed E-state index contributed by atoms with van der Waals surface area (Å²) in [5.74, 6) is 0.642. The second-order valence-electron chi connectivity index (χ2n) is 6.26. The Hall–Kier alpha value is -2.23. The van der Waals surface area contributed by atoms with Gasteiger partial charge in [0.2, 0.25) is 0 Å². The molecule has 2 rings (SSSR count). The fourth-order valence-corrected chi connectivity index (χ4v) is 2.53. The lowest BCUT2D eigenvalue weighted by molar-refractivity contribution is 0.0920. The summed E-state index contributed by atoms with van der Waals surface area (Å²) >= 11 is 0. The van der Waals surface area contributed by atoms with Crippen molar-refractivity contribution in [2.45, 2.75) is 46.1 Å². The average Bonchev–Trinajstić information content (AvgIpc) is 2.59. The first-order valence-electron chi connectivity index (χ1n) is 8.19. The lowest BCUT2D eigenvalue weighted by Crippen LogP contribution is -2.32. The van der Waals surface area contributed by atoms with E-state index in [1.54, 1.807) is 6.20 Å². The van der Waals surface area contributed by atoms with Crippen LogP contribution in [0.3, 0.4) is 0 Å². The SMILES string of the molecule is CC[C@H](C)c1ccc([C@H](NC(=O)c2cnccn2)C(C)C)cc1. The van der Waals surface area contributed by atoms with Gasteiger partial charge in [-0.15, -0.1) is 0 Å². The Labute approximate surface area is 138 Å². The maximum Gasteiger partial charge on any atom is 0.271 e. The first-order chi connectivity index (χ1) is 11.0.